The van der Waals surface area contributed by atoms with Crippen LogP contribution in [0, 0.1) is 0 Å². The molecule has 0 saturated carbocycles. The number of hydrogen-bond donors (Lipinski definition) is 1. The molecular weight excluding hydrogens is 247 g/mol. The number of halogens is 3. The number of alkyl halides is 3. The Morgan fingerprint density at radius 1 is 0.944 bits per heavy atom. The summed E-state index contributed by atoms with van der Waals surface area (Å²) in [6, 6.07) is 4.32. The third-order valence-corrected chi connectivity index (χ3v) is 2.07. The molecule has 0 aliphatic heterocycles. The van der Waals surface area contributed by atoms with Crippen LogP contribution in [-0.4, -0.2) is 9.97 Å². The van der Waals surface area contributed by atoms with Crippen LogP contribution < -0.4 is 10.5 Å². The number of rotatable bonds is 2. The van der Waals surface area contributed by atoms with Gasteiger partial charge in [-0.1, -0.05) is 0 Å². The quantitative estimate of drug-likeness (QED) is 0.896. The van der Waals surface area contributed by atoms with Crippen LogP contribution in [0.4, 0.5) is 19.1 Å². The van der Waals surface area contributed by atoms with Crippen LogP contribution in [0.5, 0.6) is 11.5 Å². The largest absolute Gasteiger partial charge is 0.454 e. The summed E-state index contributed by atoms with van der Waals surface area (Å²) in [5, 5.41) is 0. The maximum Gasteiger partial charge on any atom is 0.416 e. The Kier molecular flexibility index (Phi) is 3.05. The van der Waals surface area contributed by atoms with Gasteiger partial charge in [0.05, 0.1) is 18.0 Å². The van der Waals surface area contributed by atoms with Gasteiger partial charge in [-0.05, 0) is 24.3 Å². The summed E-state index contributed by atoms with van der Waals surface area (Å²) in [5.41, 5.74) is 4.55. The standard InChI is InChI=1S/C11H8F3N3O/c12-11(13,14)7-1-3-8(4-2-7)18-9-5-16-10(15)17-6-9/h1-6H,(H2,15,16,17). The number of benzene rings is 1. The monoisotopic (exact) mass is 255 g/mol. The number of nitrogen functional groups attached to an aromatic ring is 1. The fourth-order valence-electron chi connectivity index (χ4n) is 1.23. The predicted molar refractivity (Wildman–Crippen MR) is 58.0 cm³/mol. The van der Waals surface area contributed by atoms with Gasteiger partial charge in [0, 0.05) is 0 Å². The first-order valence-corrected chi connectivity index (χ1v) is 4.88. The van der Waals surface area contributed by atoms with Gasteiger partial charge in [0.2, 0.25) is 5.95 Å². The predicted octanol–water partition coefficient (Wildman–Crippen LogP) is 2.87. The molecule has 0 unspecified atom stereocenters. The van der Waals surface area contributed by atoms with Crippen molar-refractivity contribution in [1.29, 1.82) is 0 Å². The molecule has 0 fully saturated rings. The lowest BCUT2D eigenvalue weighted by Gasteiger charge is -2.08. The van der Waals surface area contributed by atoms with Crippen LogP contribution in [0.25, 0.3) is 0 Å². The Balaban J connectivity index is 2.13. The lowest BCUT2D eigenvalue weighted by molar-refractivity contribution is -0.137. The van der Waals surface area contributed by atoms with Crippen LogP contribution in [0.15, 0.2) is 36.7 Å². The van der Waals surface area contributed by atoms with Gasteiger partial charge in [-0.15, -0.1) is 0 Å². The zero-order valence-electron chi connectivity index (χ0n) is 8.98. The Morgan fingerprint density at radius 2 is 1.50 bits per heavy atom. The van der Waals surface area contributed by atoms with Crippen LogP contribution in [0.1, 0.15) is 5.56 Å². The van der Waals surface area contributed by atoms with Crippen molar-refractivity contribution in [3.05, 3.63) is 42.2 Å². The average molecular weight is 255 g/mol. The molecule has 7 heteroatoms. The molecule has 94 valence electrons. The highest BCUT2D eigenvalue weighted by atomic mass is 19.4. The molecule has 1 heterocycles. The highest BCUT2D eigenvalue weighted by Gasteiger charge is 2.30. The topological polar surface area (TPSA) is 61.0 Å². The fraction of sp³-hybridized carbons (Fsp3) is 0.0909. The van der Waals surface area contributed by atoms with E-state index in [9.17, 15) is 13.2 Å². The minimum Gasteiger partial charge on any atom is -0.454 e. The molecule has 18 heavy (non-hydrogen) atoms. The lowest BCUT2D eigenvalue weighted by Crippen LogP contribution is -2.04. The number of nitrogens with zero attached hydrogens (tertiary/aromatic N) is 2. The third-order valence-electron chi connectivity index (χ3n) is 2.07. The Labute approximate surface area is 100 Å². The SMILES string of the molecule is Nc1ncc(Oc2ccc(C(F)(F)F)cc2)cn1. The zero-order chi connectivity index (χ0) is 13.2. The second kappa shape index (κ2) is 4.52. The first-order chi connectivity index (χ1) is 8.45. The van der Waals surface area contributed by atoms with E-state index in [0.717, 1.165) is 12.1 Å². The molecule has 1 aromatic heterocycles. The van der Waals surface area contributed by atoms with Crippen molar-refractivity contribution in [1.82, 2.24) is 9.97 Å². The van der Waals surface area contributed by atoms with E-state index in [4.69, 9.17) is 10.5 Å². The van der Waals surface area contributed by atoms with Crippen LogP contribution in [0.2, 0.25) is 0 Å². The molecule has 0 spiro atoms. The summed E-state index contributed by atoms with van der Waals surface area (Å²) in [4.78, 5) is 7.39. The Bertz CT molecular complexity index is 523. The molecule has 0 amide bonds. The number of hydrogen-bond acceptors (Lipinski definition) is 4. The van der Waals surface area contributed by atoms with Crippen LogP contribution in [0.3, 0.4) is 0 Å². The summed E-state index contributed by atoms with van der Waals surface area (Å²) in [7, 11) is 0. The molecule has 1 aromatic carbocycles. The fourth-order valence-corrected chi connectivity index (χ4v) is 1.23. The van der Waals surface area contributed by atoms with E-state index < -0.39 is 11.7 Å². The minimum atomic E-state index is -4.36. The Hall–Kier alpha value is -2.31. The molecular formula is C11H8F3N3O. The second-order valence-electron chi connectivity index (χ2n) is 3.40. The normalized spacial score (nSPS) is 11.3. The number of anilines is 1. The van der Waals surface area contributed by atoms with Gasteiger partial charge in [-0.2, -0.15) is 13.2 Å². The van der Waals surface area contributed by atoms with E-state index in [-0.39, 0.29) is 11.7 Å². The van der Waals surface area contributed by atoms with Crippen molar-refractivity contribution in [2.75, 3.05) is 5.73 Å². The van der Waals surface area contributed by atoms with Gasteiger partial charge < -0.3 is 10.5 Å². The summed E-state index contributed by atoms with van der Waals surface area (Å²) in [5.74, 6) is 0.648. The van der Waals surface area contributed by atoms with Crippen LogP contribution in [-0.2, 0) is 6.18 Å². The molecule has 0 bridgehead atoms. The minimum absolute atomic E-state index is 0.0924. The summed E-state index contributed by atoms with van der Waals surface area (Å²) < 4.78 is 42.2. The number of ether oxygens (including phenoxy) is 1. The van der Waals surface area contributed by atoms with E-state index in [1.54, 1.807) is 0 Å². The molecule has 0 saturated heterocycles. The van der Waals surface area contributed by atoms with E-state index in [1.807, 2.05) is 0 Å². The molecule has 0 radical (unpaired) electrons. The van der Waals surface area contributed by atoms with E-state index in [0.29, 0.717) is 5.75 Å². The van der Waals surface area contributed by atoms with Gasteiger partial charge >= 0.3 is 6.18 Å². The molecule has 0 atom stereocenters. The first-order valence-electron chi connectivity index (χ1n) is 4.88. The lowest BCUT2D eigenvalue weighted by atomic mass is 10.2. The summed E-state index contributed by atoms with van der Waals surface area (Å²) in [6.45, 7) is 0. The molecule has 2 rings (SSSR count). The van der Waals surface area contributed by atoms with Gasteiger partial charge in [-0.3, -0.25) is 0 Å². The van der Waals surface area contributed by atoms with Crippen molar-refractivity contribution in [2.45, 2.75) is 6.18 Å². The van der Waals surface area contributed by atoms with Crippen molar-refractivity contribution in [3.8, 4) is 11.5 Å². The average Bonchev–Trinajstić information content (AvgIpc) is 2.32. The summed E-state index contributed by atoms with van der Waals surface area (Å²) in [6.07, 6.45) is -1.69. The molecule has 4 nitrogen and oxygen atoms in total. The Morgan fingerprint density at radius 3 is 2.00 bits per heavy atom. The molecule has 0 aliphatic carbocycles. The van der Waals surface area contributed by atoms with Gasteiger partial charge in [-0.25, -0.2) is 9.97 Å². The highest BCUT2D eigenvalue weighted by molar-refractivity contribution is 5.33. The van der Waals surface area contributed by atoms with E-state index in [1.165, 1.54) is 24.5 Å². The first kappa shape index (κ1) is 12.2. The van der Waals surface area contributed by atoms with Gasteiger partial charge in [0.25, 0.3) is 0 Å². The van der Waals surface area contributed by atoms with Gasteiger partial charge in [0.1, 0.15) is 5.75 Å². The van der Waals surface area contributed by atoms with Crippen molar-refractivity contribution in [2.24, 2.45) is 0 Å². The zero-order valence-corrected chi connectivity index (χ0v) is 8.98. The van der Waals surface area contributed by atoms with Crippen molar-refractivity contribution in [3.63, 3.8) is 0 Å². The molecule has 2 aromatic rings. The van der Waals surface area contributed by atoms with Crippen molar-refractivity contribution < 1.29 is 17.9 Å². The third kappa shape index (κ3) is 2.88. The van der Waals surface area contributed by atoms with Crippen LogP contribution >= 0.6 is 0 Å². The maximum absolute atomic E-state index is 12.3. The highest BCUT2D eigenvalue weighted by Crippen LogP contribution is 2.31. The number of aromatic nitrogens is 2. The molecule has 2 N–H and O–H groups in total. The second-order valence-corrected chi connectivity index (χ2v) is 3.40. The van der Waals surface area contributed by atoms with Crippen molar-refractivity contribution >= 4 is 5.95 Å². The summed E-state index contributed by atoms with van der Waals surface area (Å²) >= 11 is 0. The number of nitrogens with two attached hydrogens (primary N) is 1. The maximum atomic E-state index is 12.3. The van der Waals surface area contributed by atoms with E-state index in [2.05, 4.69) is 9.97 Å². The molecule has 0 aliphatic rings. The van der Waals surface area contributed by atoms with Gasteiger partial charge in [0.15, 0.2) is 5.75 Å². The van der Waals surface area contributed by atoms with E-state index >= 15 is 0 Å². The smallest absolute Gasteiger partial charge is 0.416 e.